The van der Waals surface area contributed by atoms with Gasteiger partial charge in [-0.1, -0.05) is 43.2 Å². The largest absolute Gasteiger partial charge is 0.395 e. The van der Waals surface area contributed by atoms with Gasteiger partial charge in [-0.05, 0) is 32.3 Å². The highest BCUT2D eigenvalue weighted by Crippen LogP contribution is 2.26. The average molecular weight is 290 g/mol. The van der Waals surface area contributed by atoms with Gasteiger partial charge >= 0.3 is 0 Å². The van der Waals surface area contributed by atoms with Crippen molar-refractivity contribution in [2.45, 2.75) is 64.2 Å². The molecule has 0 aliphatic heterocycles. The third-order valence-electron chi connectivity index (χ3n) is 4.55. The van der Waals surface area contributed by atoms with E-state index in [0.29, 0.717) is 24.7 Å². The lowest BCUT2D eigenvalue weighted by Gasteiger charge is -2.42. The fourth-order valence-electron chi connectivity index (χ4n) is 3.47. The molecule has 0 unspecified atom stereocenters. The molecule has 2 atom stereocenters. The second-order valence-electron chi connectivity index (χ2n) is 6.39. The first-order valence-corrected chi connectivity index (χ1v) is 8.36. The molecule has 1 aromatic carbocycles. The average Bonchev–Trinajstić information content (AvgIpc) is 2.52. The van der Waals surface area contributed by atoms with Crippen molar-refractivity contribution in [1.82, 2.24) is 10.2 Å². The molecule has 21 heavy (non-hydrogen) atoms. The topological polar surface area (TPSA) is 35.5 Å². The van der Waals surface area contributed by atoms with Crippen LogP contribution in [0.4, 0.5) is 0 Å². The van der Waals surface area contributed by atoms with Crippen LogP contribution in [0, 0.1) is 0 Å². The smallest absolute Gasteiger partial charge is 0.0556 e. The maximum Gasteiger partial charge on any atom is 0.0556 e. The van der Waals surface area contributed by atoms with Crippen molar-refractivity contribution in [3.8, 4) is 0 Å². The van der Waals surface area contributed by atoms with Gasteiger partial charge in [0.15, 0.2) is 0 Å². The van der Waals surface area contributed by atoms with E-state index in [4.69, 9.17) is 5.11 Å². The Hall–Kier alpha value is -0.900. The third kappa shape index (κ3) is 4.80. The van der Waals surface area contributed by atoms with E-state index in [1.165, 1.54) is 31.2 Å². The molecule has 1 fully saturated rings. The molecule has 118 valence electrons. The fraction of sp³-hybridized carbons (Fsp3) is 0.667. The van der Waals surface area contributed by atoms with E-state index in [1.807, 2.05) is 0 Å². The Morgan fingerprint density at radius 3 is 2.57 bits per heavy atom. The Morgan fingerprint density at radius 2 is 1.90 bits per heavy atom. The third-order valence-corrected chi connectivity index (χ3v) is 4.55. The quantitative estimate of drug-likeness (QED) is 0.810. The highest BCUT2D eigenvalue weighted by atomic mass is 16.3. The number of nitrogens with zero attached hydrogens (tertiary/aromatic N) is 1. The zero-order valence-electron chi connectivity index (χ0n) is 13.5. The number of rotatable bonds is 7. The summed E-state index contributed by atoms with van der Waals surface area (Å²) in [6, 6.07) is 12.4. The van der Waals surface area contributed by atoms with Crippen LogP contribution in [-0.4, -0.2) is 41.3 Å². The van der Waals surface area contributed by atoms with Crippen molar-refractivity contribution in [3.05, 3.63) is 35.9 Å². The van der Waals surface area contributed by atoms with Gasteiger partial charge in [-0.25, -0.2) is 0 Å². The number of aliphatic hydroxyl groups is 1. The predicted octanol–water partition coefficient (Wildman–Crippen LogP) is 2.79. The van der Waals surface area contributed by atoms with E-state index in [-0.39, 0.29) is 6.61 Å². The first kappa shape index (κ1) is 16.5. The lowest BCUT2D eigenvalue weighted by Crippen LogP contribution is -2.54. The van der Waals surface area contributed by atoms with E-state index in [9.17, 15) is 0 Å². The molecule has 3 heteroatoms. The summed E-state index contributed by atoms with van der Waals surface area (Å²) in [4.78, 5) is 2.63. The molecule has 1 aromatic rings. The van der Waals surface area contributed by atoms with E-state index < -0.39 is 0 Å². The highest BCUT2D eigenvalue weighted by molar-refractivity contribution is 5.15. The van der Waals surface area contributed by atoms with Crippen LogP contribution in [0.5, 0.6) is 0 Å². The molecule has 0 heterocycles. The van der Waals surface area contributed by atoms with Gasteiger partial charge in [0.25, 0.3) is 0 Å². The van der Waals surface area contributed by atoms with Gasteiger partial charge in [-0.2, -0.15) is 0 Å². The van der Waals surface area contributed by atoms with Gasteiger partial charge in [-0.15, -0.1) is 0 Å². The van der Waals surface area contributed by atoms with E-state index in [1.54, 1.807) is 0 Å². The molecule has 2 rings (SSSR count). The minimum Gasteiger partial charge on any atom is -0.395 e. The van der Waals surface area contributed by atoms with Gasteiger partial charge in [0.1, 0.15) is 0 Å². The van der Waals surface area contributed by atoms with Crippen LogP contribution in [0.3, 0.4) is 0 Å². The van der Waals surface area contributed by atoms with Gasteiger partial charge in [0.2, 0.25) is 0 Å². The van der Waals surface area contributed by atoms with Crippen LogP contribution in [0.1, 0.15) is 45.1 Å². The SMILES string of the molecule is CC(C)N(Cc1ccccc1)[C@@H]1CCCC[C@H]1NCCO. The van der Waals surface area contributed by atoms with Gasteiger partial charge < -0.3 is 10.4 Å². The summed E-state index contributed by atoms with van der Waals surface area (Å²) in [5, 5.41) is 12.6. The number of nitrogens with one attached hydrogen (secondary N) is 1. The molecule has 0 bridgehead atoms. The summed E-state index contributed by atoms with van der Waals surface area (Å²) in [6.07, 6.45) is 5.10. The summed E-state index contributed by atoms with van der Waals surface area (Å²) >= 11 is 0. The molecule has 0 amide bonds. The Bertz CT molecular complexity index is 393. The summed E-state index contributed by atoms with van der Waals surface area (Å²) in [6.45, 7) is 6.53. The predicted molar refractivity (Wildman–Crippen MR) is 88.3 cm³/mol. The minimum atomic E-state index is 0.226. The van der Waals surface area contributed by atoms with Crippen LogP contribution < -0.4 is 5.32 Å². The first-order valence-electron chi connectivity index (χ1n) is 8.36. The first-order chi connectivity index (χ1) is 10.2. The van der Waals surface area contributed by atoms with E-state index in [2.05, 4.69) is 54.4 Å². The minimum absolute atomic E-state index is 0.226. The summed E-state index contributed by atoms with van der Waals surface area (Å²) in [5.74, 6) is 0. The molecule has 0 aromatic heterocycles. The lowest BCUT2D eigenvalue weighted by atomic mass is 9.88. The number of hydrogen-bond acceptors (Lipinski definition) is 3. The van der Waals surface area contributed by atoms with E-state index >= 15 is 0 Å². The molecule has 2 N–H and O–H groups in total. The second-order valence-corrected chi connectivity index (χ2v) is 6.39. The molecule has 1 aliphatic rings. The standard InChI is InChI=1S/C18H30N2O/c1-15(2)20(14-16-8-4-3-5-9-16)18-11-7-6-10-17(18)19-12-13-21/h3-5,8-9,15,17-19,21H,6-7,10-14H2,1-2H3/t17-,18-/m1/s1. The molecule has 0 saturated heterocycles. The number of benzene rings is 1. The molecule has 1 saturated carbocycles. The molecule has 1 aliphatic carbocycles. The van der Waals surface area contributed by atoms with Gasteiger partial charge in [0.05, 0.1) is 6.61 Å². The van der Waals surface area contributed by atoms with Crippen molar-refractivity contribution in [2.24, 2.45) is 0 Å². The summed E-state index contributed by atoms with van der Waals surface area (Å²) < 4.78 is 0. The Morgan fingerprint density at radius 1 is 1.19 bits per heavy atom. The molecular weight excluding hydrogens is 260 g/mol. The zero-order valence-corrected chi connectivity index (χ0v) is 13.5. The number of aliphatic hydroxyl groups excluding tert-OH is 1. The lowest BCUT2D eigenvalue weighted by molar-refractivity contribution is 0.0822. The van der Waals surface area contributed by atoms with E-state index in [0.717, 1.165) is 6.54 Å². The van der Waals surface area contributed by atoms with Crippen LogP contribution >= 0.6 is 0 Å². The van der Waals surface area contributed by atoms with Crippen molar-refractivity contribution < 1.29 is 5.11 Å². The molecule has 0 radical (unpaired) electrons. The maximum atomic E-state index is 9.09. The monoisotopic (exact) mass is 290 g/mol. The van der Waals surface area contributed by atoms with Gasteiger partial charge in [0, 0.05) is 31.2 Å². The Balaban J connectivity index is 2.07. The highest BCUT2D eigenvalue weighted by Gasteiger charge is 2.31. The Kier molecular flexibility index (Phi) is 6.68. The van der Waals surface area contributed by atoms with Crippen molar-refractivity contribution >= 4 is 0 Å². The van der Waals surface area contributed by atoms with Crippen LogP contribution in [-0.2, 0) is 6.54 Å². The number of hydrogen-bond donors (Lipinski definition) is 2. The zero-order chi connectivity index (χ0) is 15.1. The van der Waals surface area contributed by atoms with Crippen LogP contribution in [0.2, 0.25) is 0 Å². The van der Waals surface area contributed by atoms with Gasteiger partial charge in [-0.3, -0.25) is 4.90 Å². The molecular formula is C18H30N2O. The second kappa shape index (κ2) is 8.52. The molecule has 3 nitrogen and oxygen atoms in total. The van der Waals surface area contributed by atoms with Crippen molar-refractivity contribution in [3.63, 3.8) is 0 Å². The molecule has 0 spiro atoms. The summed E-state index contributed by atoms with van der Waals surface area (Å²) in [5.41, 5.74) is 1.39. The van der Waals surface area contributed by atoms with Crippen molar-refractivity contribution in [1.29, 1.82) is 0 Å². The fourth-order valence-corrected chi connectivity index (χ4v) is 3.47. The van der Waals surface area contributed by atoms with Crippen molar-refractivity contribution in [2.75, 3.05) is 13.2 Å². The van der Waals surface area contributed by atoms with Crippen LogP contribution in [0.15, 0.2) is 30.3 Å². The maximum absolute atomic E-state index is 9.09. The van der Waals surface area contributed by atoms with Crippen LogP contribution in [0.25, 0.3) is 0 Å². The Labute approximate surface area is 129 Å². The normalized spacial score (nSPS) is 22.9. The summed E-state index contributed by atoms with van der Waals surface area (Å²) in [7, 11) is 0.